The Bertz CT molecular complexity index is 808. The lowest BCUT2D eigenvalue weighted by Gasteiger charge is -2.13. The third-order valence-electron chi connectivity index (χ3n) is 2.75. The van der Waals surface area contributed by atoms with Crippen molar-refractivity contribution in [1.29, 1.82) is 0 Å². The molecule has 0 saturated heterocycles. The number of hydrogen-bond donors (Lipinski definition) is 0. The molecule has 0 saturated carbocycles. The average molecular weight is 364 g/mol. The maximum Gasteiger partial charge on any atom is 0.534 e. The molecule has 1 aromatic rings. The number of carbonyl (C=O) groups excluding carboxylic acids is 1. The van der Waals surface area contributed by atoms with E-state index >= 15 is 0 Å². The summed E-state index contributed by atoms with van der Waals surface area (Å²) >= 11 is 0. The van der Waals surface area contributed by atoms with Crippen molar-refractivity contribution in [1.82, 2.24) is 0 Å². The van der Waals surface area contributed by atoms with Crippen molar-refractivity contribution in [2.24, 2.45) is 0 Å². The van der Waals surface area contributed by atoms with E-state index in [1.807, 2.05) is 0 Å². The number of para-hydroxylation sites is 1. The van der Waals surface area contributed by atoms with Gasteiger partial charge in [0.15, 0.2) is 5.76 Å². The Morgan fingerprint density at radius 1 is 1.25 bits per heavy atom. The third-order valence-corrected chi connectivity index (χ3v) is 3.71. The van der Waals surface area contributed by atoms with Gasteiger partial charge in [-0.2, -0.15) is 21.6 Å². The van der Waals surface area contributed by atoms with Gasteiger partial charge in [-0.15, -0.1) is 0 Å². The van der Waals surface area contributed by atoms with Crippen LogP contribution in [0.3, 0.4) is 0 Å². The molecule has 130 valence electrons. The first-order valence-electron chi connectivity index (χ1n) is 6.51. The zero-order chi connectivity index (χ0) is 18.0. The van der Waals surface area contributed by atoms with Crippen molar-refractivity contribution in [2.45, 2.75) is 12.4 Å². The fourth-order valence-corrected chi connectivity index (χ4v) is 2.18. The quantitative estimate of drug-likeness (QED) is 0.464. The van der Waals surface area contributed by atoms with Crippen LogP contribution >= 0.6 is 0 Å². The standard InChI is InChI=1S/C14H11F3O6S/c1-2-21-13(18)9-7-12(23-24(19,20)14(15,16)17)10-5-3-4-6-11(10)22-8-9/h3-8H,2H2,1H3. The molecule has 0 aliphatic carbocycles. The molecule has 0 amide bonds. The minimum absolute atomic E-state index is 0.00794. The smallest absolute Gasteiger partial charge is 0.463 e. The van der Waals surface area contributed by atoms with E-state index in [4.69, 9.17) is 9.47 Å². The molecule has 1 aliphatic rings. The highest BCUT2D eigenvalue weighted by Gasteiger charge is 2.49. The van der Waals surface area contributed by atoms with Gasteiger partial charge >= 0.3 is 21.6 Å². The van der Waals surface area contributed by atoms with Crippen LogP contribution in [0.15, 0.2) is 42.2 Å². The molecule has 1 aliphatic heterocycles. The number of rotatable bonds is 4. The molecule has 0 N–H and O–H groups in total. The molecule has 0 aromatic heterocycles. The lowest BCUT2D eigenvalue weighted by atomic mass is 10.1. The molecule has 0 radical (unpaired) electrons. The summed E-state index contributed by atoms with van der Waals surface area (Å²) in [6, 6.07) is 5.61. The number of benzene rings is 1. The number of fused-ring (bicyclic) bond motifs is 1. The van der Waals surface area contributed by atoms with E-state index in [0.717, 1.165) is 12.3 Å². The van der Waals surface area contributed by atoms with Gasteiger partial charge in [0.2, 0.25) is 0 Å². The summed E-state index contributed by atoms with van der Waals surface area (Å²) in [5.74, 6) is -1.60. The number of ether oxygens (including phenoxy) is 2. The second-order valence-corrected chi connectivity index (χ2v) is 5.94. The van der Waals surface area contributed by atoms with Crippen LogP contribution in [0, 0.1) is 0 Å². The minimum atomic E-state index is -5.92. The molecule has 10 heteroatoms. The number of carbonyl (C=O) groups is 1. The van der Waals surface area contributed by atoms with E-state index in [2.05, 4.69) is 4.18 Å². The summed E-state index contributed by atoms with van der Waals surface area (Å²) in [5.41, 5.74) is -6.00. The summed E-state index contributed by atoms with van der Waals surface area (Å²) in [4.78, 5) is 11.8. The average Bonchev–Trinajstić information content (AvgIpc) is 2.66. The number of esters is 1. The highest BCUT2D eigenvalue weighted by Crippen LogP contribution is 2.35. The van der Waals surface area contributed by atoms with Crippen LogP contribution in [0.2, 0.25) is 0 Å². The molecule has 24 heavy (non-hydrogen) atoms. The van der Waals surface area contributed by atoms with Crippen molar-refractivity contribution in [3.63, 3.8) is 0 Å². The normalized spacial score (nSPS) is 14.5. The van der Waals surface area contributed by atoms with Gasteiger partial charge in [0.1, 0.15) is 12.0 Å². The largest absolute Gasteiger partial charge is 0.534 e. The summed E-state index contributed by atoms with van der Waals surface area (Å²) in [6.07, 6.45) is 1.75. The Kier molecular flexibility index (Phi) is 4.88. The Morgan fingerprint density at radius 3 is 2.54 bits per heavy atom. The lowest BCUT2D eigenvalue weighted by molar-refractivity contribution is -0.138. The van der Waals surface area contributed by atoms with Crippen molar-refractivity contribution in [3.05, 3.63) is 47.7 Å². The molecule has 0 bridgehead atoms. The molecule has 1 aromatic carbocycles. The van der Waals surface area contributed by atoms with Crippen molar-refractivity contribution in [2.75, 3.05) is 6.61 Å². The number of hydrogen-bond acceptors (Lipinski definition) is 6. The summed E-state index contributed by atoms with van der Waals surface area (Å²) in [5, 5.41) is 0. The van der Waals surface area contributed by atoms with E-state index in [1.54, 1.807) is 0 Å². The van der Waals surface area contributed by atoms with Gasteiger partial charge in [-0.25, -0.2) is 4.79 Å². The minimum Gasteiger partial charge on any atom is -0.463 e. The maximum atomic E-state index is 12.6. The number of halogens is 3. The van der Waals surface area contributed by atoms with Crippen LogP contribution in [-0.4, -0.2) is 26.5 Å². The molecule has 0 spiro atoms. The van der Waals surface area contributed by atoms with Crippen molar-refractivity contribution in [3.8, 4) is 5.75 Å². The summed E-state index contributed by atoms with van der Waals surface area (Å²) in [7, 11) is -5.92. The Labute approximate surface area is 135 Å². The third kappa shape index (κ3) is 3.70. The van der Waals surface area contributed by atoms with Crippen LogP contribution in [0.25, 0.3) is 5.76 Å². The number of alkyl halides is 3. The van der Waals surface area contributed by atoms with Gasteiger partial charge < -0.3 is 13.7 Å². The second-order valence-electron chi connectivity index (χ2n) is 4.40. The second kappa shape index (κ2) is 6.56. The van der Waals surface area contributed by atoms with Gasteiger partial charge in [-0.1, -0.05) is 12.1 Å². The SMILES string of the molecule is CCOC(=O)C1=COc2ccccc2C(OS(=O)(=O)C(F)(F)F)=C1. The van der Waals surface area contributed by atoms with Crippen molar-refractivity contribution < 1.29 is 40.0 Å². The molecular weight excluding hydrogens is 353 g/mol. The molecular formula is C14H11F3O6S. The molecule has 0 fully saturated rings. The topological polar surface area (TPSA) is 78.9 Å². The van der Waals surface area contributed by atoms with E-state index in [1.165, 1.54) is 31.2 Å². The van der Waals surface area contributed by atoms with Crippen LogP contribution in [-0.2, 0) is 23.8 Å². The van der Waals surface area contributed by atoms with Gasteiger partial charge in [-0.3, -0.25) is 0 Å². The highest BCUT2D eigenvalue weighted by atomic mass is 32.2. The first kappa shape index (κ1) is 17.9. The Hall–Kier alpha value is -2.49. The van der Waals surface area contributed by atoms with Crippen LogP contribution in [0.5, 0.6) is 5.75 Å². The van der Waals surface area contributed by atoms with Gasteiger partial charge in [-0.05, 0) is 19.1 Å². The van der Waals surface area contributed by atoms with Gasteiger partial charge in [0.05, 0.1) is 17.7 Å². The fraction of sp³-hybridized carbons (Fsp3) is 0.214. The Balaban J connectivity index is 2.51. The van der Waals surface area contributed by atoms with Crippen molar-refractivity contribution >= 4 is 21.8 Å². The van der Waals surface area contributed by atoms with Crippen LogP contribution in [0.1, 0.15) is 12.5 Å². The molecule has 2 rings (SSSR count). The fourth-order valence-electron chi connectivity index (χ4n) is 1.71. The molecule has 6 nitrogen and oxygen atoms in total. The zero-order valence-corrected chi connectivity index (χ0v) is 13.0. The highest BCUT2D eigenvalue weighted by molar-refractivity contribution is 7.87. The van der Waals surface area contributed by atoms with Gasteiger partial charge in [0.25, 0.3) is 0 Å². The van der Waals surface area contributed by atoms with E-state index in [0.29, 0.717) is 0 Å². The zero-order valence-electron chi connectivity index (χ0n) is 12.2. The predicted octanol–water partition coefficient (Wildman–Crippen LogP) is 2.73. The van der Waals surface area contributed by atoms with E-state index in [9.17, 15) is 26.4 Å². The molecule has 1 heterocycles. The van der Waals surface area contributed by atoms with Crippen LogP contribution in [0.4, 0.5) is 13.2 Å². The maximum absolute atomic E-state index is 12.6. The first-order valence-corrected chi connectivity index (χ1v) is 7.92. The van der Waals surface area contributed by atoms with E-state index in [-0.39, 0.29) is 23.5 Å². The summed E-state index contributed by atoms with van der Waals surface area (Å²) < 4.78 is 74.4. The monoisotopic (exact) mass is 364 g/mol. The summed E-state index contributed by atoms with van der Waals surface area (Å²) in [6.45, 7) is 1.54. The predicted molar refractivity (Wildman–Crippen MR) is 75.8 cm³/mol. The molecule has 0 unspecified atom stereocenters. The van der Waals surface area contributed by atoms with E-state index < -0.39 is 27.4 Å². The Morgan fingerprint density at radius 2 is 1.92 bits per heavy atom. The first-order chi connectivity index (χ1) is 11.2. The lowest BCUT2D eigenvalue weighted by Crippen LogP contribution is -2.25. The van der Waals surface area contributed by atoms with Gasteiger partial charge in [0, 0.05) is 6.08 Å². The van der Waals surface area contributed by atoms with Crippen LogP contribution < -0.4 is 4.74 Å². The molecule has 0 atom stereocenters.